The normalized spacial score (nSPS) is 11.2. The molecular formula is C12H18N4O. The number of nitrogens with zero attached hydrogens (tertiary/aromatic N) is 2. The number of hydrogen-bond donors (Lipinski definition) is 2. The predicted molar refractivity (Wildman–Crippen MR) is 69.8 cm³/mol. The Morgan fingerprint density at radius 1 is 1.29 bits per heavy atom. The van der Waals surface area contributed by atoms with E-state index < -0.39 is 0 Å². The third kappa shape index (κ3) is 4.14. The molecule has 0 aliphatic carbocycles. The van der Waals surface area contributed by atoms with E-state index in [9.17, 15) is 4.79 Å². The summed E-state index contributed by atoms with van der Waals surface area (Å²) in [5.74, 6) is 0.0511. The van der Waals surface area contributed by atoms with E-state index in [-0.39, 0.29) is 12.3 Å². The smallest absolute Gasteiger partial charge is 0.219 e. The zero-order valence-corrected chi connectivity index (χ0v) is 9.97. The van der Waals surface area contributed by atoms with Crippen molar-refractivity contribution in [2.24, 2.45) is 16.5 Å². The Balaban J connectivity index is 2.86. The molecule has 4 N–H and O–H groups in total. The number of carbonyl (C=O) groups excluding carboxylic acids is 1. The Morgan fingerprint density at radius 3 is 2.47 bits per heavy atom. The van der Waals surface area contributed by atoms with Crippen molar-refractivity contribution < 1.29 is 4.79 Å². The van der Waals surface area contributed by atoms with Crippen LogP contribution >= 0.6 is 0 Å². The van der Waals surface area contributed by atoms with Gasteiger partial charge in [-0.1, -0.05) is 18.2 Å². The SMILES string of the molecule is CCN=C(N)N(CCC(N)=O)c1ccccc1. The molecule has 0 fully saturated rings. The van der Waals surface area contributed by atoms with Gasteiger partial charge in [-0.25, -0.2) is 0 Å². The monoisotopic (exact) mass is 234 g/mol. The van der Waals surface area contributed by atoms with E-state index in [1.165, 1.54) is 0 Å². The fourth-order valence-corrected chi connectivity index (χ4v) is 1.45. The van der Waals surface area contributed by atoms with Gasteiger partial charge in [0.25, 0.3) is 0 Å². The summed E-state index contributed by atoms with van der Waals surface area (Å²) in [6.45, 7) is 2.95. The molecule has 5 heteroatoms. The molecule has 0 spiro atoms. The summed E-state index contributed by atoms with van der Waals surface area (Å²) in [6, 6.07) is 9.57. The summed E-state index contributed by atoms with van der Waals surface area (Å²) in [5.41, 5.74) is 11.9. The van der Waals surface area contributed by atoms with Gasteiger partial charge in [-0.3, -0.25) is 9.79 Å². The maximum atomic E-state index is 10.8. The fourth-order valence-electron chi connectivity index (χ4n) is 1.45. The zero-order chi connectivity index (χ0) is 12.7. The second kappa shape index (κ2) is 6.52. The number of para-hydroxylation sites is 1. The van der Waals surface area contributed by atoms with Crippen LogP contribution in [0.2, 0.25) is 0 Å². The summed E-state index contributed by atoms with van der Waals surface area (Å²) in [4.78, 5) is 16.8. The number of hydrogen-bond acceptors (Lipinski definition) is 2. The highest BCUT2D eigenvalue weighted by molar-refractivity contribution is 5.95. The van der Waals surface area contributed by atoms with E-state index in [1.54, 1.807) is 4.90 Å². The summed E-state index contributed by atoms with van der Waals surface area (Å²) in [6.07, 6.45) is 0.245. The van der Waals surface area contributed by atoms with Crippen LogP contribution in [0.3, 0.4) is 0 Å². The van der Waals surface area contributed by atoms with Gasteiger partial charge in [0.15, 0.2) is 5.96 Å². The summed E-state index contributed by atoms with van der Waals surface area (Å²) < 4.78 is 0. The van der Waals surface area contributed by atoms with Crippen LogP contribution in [0.4, 0.5) is 5.69 Å². The van der Waals surface area contributed by atoms with Gasteiger partial charge in [-0.05, 0) is 19.1 Å². The van der Waals surface area contributed by atoms with E-state index >= 15 is 0 Å². The third-order valence-electron chi connectivity index (χ3n) is 2.25. The molecule has 1 amide bonds. The van der Waals surface area contributed by atoms with E-state index in [4.69, 9.17) is 11.5 Å². The zero-order valence-electron chi connectivity index (χ0n) is 9.97. The maximum Gasteiger partial charge on any atom is 0.219 e. The lowest BCUT2D eigenvalue weighted by Crippen LogP contribution is -2.39. The Hall–Kier alpha value is -2.04. The maximum absolute atomic E-state index is 10.8. The first-order chi connectivity index (χ1) is 8.15. The van der Waals surface area contributed by atoms with Crippen molar-refractivity contribution in [2.75, 3.05) is 18.0 Å². The molecule has 1 aromatic carbocycles. The molecule has 1 aromatic rings. The van der Waals surface area contributed by atoms with Crippen LogP contribution in [-0.2, 0) is 4.79 Å². The molecule has 0 unspecified atom stereocenters. The first-order valence-electron chi connectivity index (χ1n) is 5.56. The van der Waals surface area contributed by atoms with Gasteiger partial charge >= 0.3 is 0 Å². The number of carbonyl (C=O) groups is 1. The van der Waals surface area contributed by atoms with Crippen molar-refractivity contribution in [1.82, 2.24) is 0 Å². The van der Waals surface area contributed by atoms with Crippen molar-refractivity contribution in [3.05, 3.63) is 30.3 Å². The molecule has 0 saturated carbocycles. The topological polar surface area (TPSA) is 84.7 Å². The standard InChI is InChI=1S/C12H18N4O/c1-2-15-12(14)16(9-8-11(13)17)10-6-4-3-5-7-10/h3-7H,2,8-9H2,1H3,(H2,13,17)(H2,14,15). The van der Waals surface area contributed by atoms with Crippen LogP contribution in [-0.4, -0.2) is 25.0 Å². The minimum absolute atomic E-state index is 0.245. The number of rotatable bonds is 5. The lowest BCUT2D eigenvalue weighted by atomic mass is 10.2. The lowest BCUT2D eigenvalue weighted by molar-refractivity contribution is -0.117. The number of benzene rings is 1. The number of nitrogens with two attached hydrogens (primary N) is 2. The first kappa shape index (κ1) is 13.0. The molecule has 1 rings (SSSR count). The average molecular weight is 234 g/mol. The summed E-state index contributed by atoms with van der Waals surface area (Å²) in [7, 11) is 0. The molecule has 17 heavy (non-hydrogen) atoms. The van der Waals surface area contributed by atoms with E-state index in [2.05, 4.69) is 4.99 Å². The number of primary amides is 1. The largest absolute Gasteiger partial charge is 0.370 e. The van der Waals surface area contributed by atoms with Gasteiger partial charge in [0.2, 0.25) is 5.91 Å². The van der Waals surface area contributed by atoms with Crippen LogP contribution in [0.1, 0.15) is 13.3 Å². The molecule has 92 valence electrons. The van der Waals surface area contributed by atoms with Crippen LogP contribution in [0.5, 0.6) is 0 Å². The number of anilines is 1. The van der Waals surface area contributed by atoms with Gasteiger partial charge in [-0.2, -0.15) is 0 Å². The molecule has 0 atom stereocenters. The van der Waals surface area contributed by atoms with Crippen molar-refractivity contribution in [1.29, 1.82) is 0 Å². The molecule has 0 aromatic heterocycles. The van der Waals surface area contributed by atoms with Crippen molar-refractivity contribution in [2.45, 2.75) is 13.3 Å². The van der Waals surface area contributed by atoms with Gasteiger partial charge in [-0.15, -0.1) is 0 Å². The minimum atomic E-state index is -0.352. The predicted octanol–water partition coefficient (Wildman–Crippen LogP) is 0.703. The minimum Gasteiger partial charge on any atom is -0.370 e. The second-order valence-electron chi connectivity index (χ2n) is 3.54. The quantitative estimate of drug-likeness (QED) is 0.581. The van der Waals surface area contributed by atoms with E-state index in [0.717, 1.165) is 5.69 Å². The molecule has 0 aliphatic rings. The highest BCUT2D eigenvalue weighted by atomic mass is 16.1. The highest BCUT2D eigenvalue weighted by Crippen LogP contribution is 2.13. The Morgan fingerprint density at radius 2 is 1.94 bits per heavy atom. The van der Waals surface area contributed by atoms with Gasteiger partial charge in [0.05, 0.1) is 0 Å². The van der Waals surface area contributed by atoms with Crippen molar-refractivity contribution in [3.8, 4) is 0 Å². The lowest BCUT2D eigenvalue weighted by Gasteiger charge is -2.23. The van der Waals surface area contributed by atoms with Crippen molar-refractivity contribution >= 4 is 17.6 Å². The number of guanidine groups is 1. The van der Waals surface area contributed by atoms with Crippen LogP contribution < -0.4 is 16.4 Å². The van der Waals surface area contributed by atoms with Crippen LogP contribution in [0.15, 0.2) is 35.3 Å². The molecule has 0 radical (unpaired) electrons. The van der Waals surface area contributed by atoms with Crippen LogP contribution in [0, 0.1) is 0 Å². The number of aliphatic imine (C=N–C) groups is 1. The van der Waals surface area contributed by atoms with E-state index in [0.29, 0.717) is 19.0 Å². The Labute approximate surface area is 101 Å². The molecule has 0 saturated heterocycles. The van der Waals surface area contributed by atoms with Crippen molar-refractivity contribution in [3.63, 3.8) is 0 Å². The Bertz CT molecular complexity index is 389. The Kier molecular flexibility index (Phi) is 5.00. The summed E-state index contributed by atoms with van der Waals surface area (Å²) >= 11 is 0. The highest BCUT2D eigenvalue weighted by Gasteiger charge is 2.10. The third-order valence-corrected chi connectivity index (χ3v) is 2.25. The van der Waals surface area contributed by atoms with E-state index in [1.807, 2.05) is 37.3 Å². The molecule has 0 heterocycles. The molecule has 5 nitrogen and oxygen atoms in total. The second-order valence-corrected chi connectivity index (χ2v) is 3.54. The first-order valence-corrected chi connectivity index (χ1v) is 5.56. The van der Waals surface area contributed by atoms with Gasteiger partial charge in [0.1, 0.15) is 0 Å². The average Bonchev–Trinajstić information content (AvgIpc) is 2.30. The molecule has 0 bridgehead atoms. The van der Waals surface area contributed by atoms with Gasteiger partial charge in [0, 0.05) is 25.2 Å². The fraction of sp³-hybridized carbons (Fsp3) is 0.333. The molecular weight excluding hydrogens is 216 g/mol. The number of amides is 1. The van der Waals surface area contributed by atoms with Gasteiger partial charge < -0.3 is 16.4 Å². The molecule has 0 aliphatic heterocycles. The summed E-state index contributed by atoms with van der Waals surface area (Å²) in [5, 5.41) is 0. The van der Waals surface area contributed by atoms with Crippen LogP contribution in [0.25, 0.3) is 0 Å².